The van der Waals surface area contributed by atoms with Gasteiger partial charge in [-0.15, -0.1) is 0 Å². The summed E-state index contributed by atoms with van der Waals surface area (Å²) in [6.07, 6.45) is 3.38. The van der Waals surface area contributed by atoms with Crippen LogP contribution in [0.4, 0.5) is 0 Å². The Balaban J connectivity index is 0.00000364. The molecular formula is C18H17KO7S. The van der Waals surface area contributed by atoms with E-state index < -0.39 is 22.1 Å². The number of carbonyl (C=O) groups excluding carboxylic acids is 2. The van der Waals surface area contributed by atoms with Crippen LogP contribution in [0.25, 0.3) is 12.2 Å². The fraction of sp³-hybridized carbons (Fsp3) is 0.111. The van der Waals surface area contributed by atoms with Crippen molar-refractivity contribution in [3.8, 4) is 5.75 Å². The molecule has 9 heteroatoms. The molecular weight excluding hydrogens is 399 g/mol. The average Bonchev–Trinajstić information content (AvgIpc) is 2.59. The van der Waals surface area contributed by atoms with Crippen LogP contribution in [0.1, 0.15) is 28.4 Å². The first-order chi connectivity index (χ1) is 12.2. The van der Waals surface area contributed by atoms with Gasteiger partial charge in [0.25, 0.3) is 10.1 Å². The molecule has 0 bridgehead atoms. The van der Waals surface area contributed by atoms with Gasteiger partial charge < -0.3 is 9.47 Å². The topological polar surface area (TPSA) is 107 Å². The van der Waals surface area contributed by atoms with Crippen LogP contribution in [-0.2, 0) is 19.6 Å². The van der Waals surface area contributed by atoms with Gasteiger partial charge in [-0.3, -0.25) is 9.35 Å². The SMILES string of the molecule is COC(=O)c1cc(/C=C/c2ccc(S(=O)(=O)O)cc2)ccc1OC(C)=O.[KH]. The van der Waals surface area contributed by atoms with Crippen molar-refractivity contribution in [2.45, 2.75) is 11.8 Å². The summed E-state index contributed by atoms with van der Waals surface area (Å²) in [4.78, 5) is 22.8. The molecule has 2 rings (SSSR count). The third-order valence-electron chi connectivity index (χ3n) is 3.31. The molecule has 0 atom stereocenters. The van der Waals surface area contributed by atoms with Gasteiger partial charge in [0.15, 0.2) is 0 Å². The van der Waals surface area contributed by atoms with Gasteiger partial charge >= 0.3 is 63.3 Å². The Bertz CT molecular complexity index is 964. The maximum absolute atomic E-state index is 11.9. The Labute approximate surface area is 199 Å². The Morgan fingerprint density at radius 2 is 1.56 bits per heavy atom. The van der Waals surface area contributed by atoms with E-state index in [2.05, 4.69) is 4.74 Å². The monoisotopic (exact) mass is 416 g/mol. The van der Waals surface area contributed by atoms with Crippen molar-refractivity contribution in [3.05, 3.63) is 59.2 Å². The van der Waals surface area contributed by atoms with Crippen molar-refractivity contribution >= 4 is 85.6 Å². The van der Waals surface area contributed by atoms with Crippen LogP contribution in [0, 0.1) is 0 Å². The van der Waals surface area contributed by atoms with Crippen LogP contribution < -0.4 is 4.74 Å². The Morgan fingerprint density at radius 1 is 1.00 bits per heavy atom. The zero-order valence-corrected chi connectivity index (χ0v) is 14.8. The fourth-order valence-electron chi connectivity index (χ4n) is 2.11. The summed E-state index contributed by atoms with van der Waals surface area (Å²) in [6, 6.07) is 10.2. The summed E-state index contributed by atoms with van der Waals surface area (Å²) in [7, 11) is -3.02. The first-order valence-electron chi connectivity index (χ1n) is 7.37. The normalized spacial score (nSPS) is 10.9. The predicted molar refractivity (Wildman–Crippen MR) is 101 cm³/mol. The third kappa shape index (κ3) is 6.96. The first-order valence-corrected chi connectivity index (χ1v) is 8.81. The zero-order valence-electron chi connectivity index (χ0n) is 14.0. The molecule has 0 radical (unpaired) electrons. The van der Waals surface area contributed by atoms with Crippen molar-refractivity contribution in [1.82, 2.24) is 0 Å². The molecule has 2 aromatic rings. The number of ether oxygens (including phenoxy) is 2. The van der Waals surface area contributed by atoms with E-state index in [1.165, 1.54) is 50.4 Å². The van der Waals surface area contributed by atoms with Gasteiger partial charge in [-0.05, 0) is 35.4 Å². The molecule has 0 aliphatic heterocycles. The van der Waals surface area contributed by atoms with E-state index in [0.717, 1.165) is 0 Å². The van der Waals surface area contributed by atoms with Crippen LogP contribution in [-0.4, -0.2) is 83.4 Å². The maximum atomic E-state index is 11.9. The van der Waals surface area contributed by atoms with E-state index in [1.807, 2.05) is 0 Å². The minimum atomic E-state index is -4.24. The van der Waals surface area contributed by atoms with E-state index in [0.29, 0.717) is 11.1 Å². The van der Waals surface area contributed by atoms with Crippen molar-refractivity contribution in [3.63, 3.8) is 0 Å². The van der Waals surface area contributed by atoms with Crippen molar-refractivity contribution in [1.29, 1.82) is 0 Å². The van der Waals surface area contributed by atoms with E-state index in [1.54, 1.807) is 18.2 Å². The van der Waals surface area contributed by atoms with Crippen molar-refractivity contribution < 1.29 is 32.0 Å². The standard InChI is InChI=1S/C18H16O7S.K.H/c1-12(19)25-17-10-7-14(11-16(17)18(20)24-2)4-3-13-5-8-15(9-6-13)26(21,22)23;;/h3-11H,1-2H3,(H,21,22,23);;/b4-3+;;. The quantitative estimate of drug-likeness (QED) is 0.262. The molecule has 0 amide bonds. The zero-order chi connectivity index (χ0) is 19.3. The number of esters is 2. The molecule has 138 valence electrons. The summed E-state index contributed by atoms with van der Waals surface area (Å²) in [5.41, 5.74) is 1.42. The molecule has 27 heavy (non-hydrogen) atoms. The van der Waals surface area contributed by atoms with Gasteiger partial charge in [0.1, 0.15) is 11.3 Å². The fourth-order valence-corrected chi connectivity index (χ4v) is 2.59. The average molecular weight is 416 g/mol. The molecule has 0 aliphatic carbocycles. The van der Waals surface area contributed by atoms with Gasteiger partial charge in [0.2, 0.25) is 0 Å². The number of carbonyl (C=O) groups is 2. The molecule has 1 N–H and O–H groups in total. The molecule has 0 aromatic heterocycles. The second kappa shape index (κ2) is 10.3. The van der Waals surface area contributed by atoms with Crippen molar-refractivity contribution in [2.24, 2.45) is 0 Å². The molecule has 0 saturated carbocycles. The number of benzene rings is 2. The summed E-state index contributed by atoms with van der Waals surface area (Å²) >= 11 is 0. The molecule has 7 nitrogen and oxygen atoms in total. The summed E-state index contributed by atoms with van der Waals surface area (Å²) in [5, 5.41) is 0. The van der Waals surface area contributed by atoms with E-state index in [4.69, 9.17) is 9.29 Å². The summed E-state index contributed by atoms with van der Waals surface area (Å²) in [6.45, 7) is 1.23. The van der Waals surface area contributed by atoms with Crippen LogP contribution in [0.2, 0.25) is 0 Å². The number of methoxy groups -OCH3 is 1. The molecule has 0 unspecified atom stereocenters. The first kappa shape index (κ1) is 23.7. The summed E-state index contributed by atoms with van der Waals surface area (Å²) < 4.78 is 40.7. The Kier molecular flexibility index (Phi) is 9.02. The van der Waals surface area contributed by atoms with Crippen molar-refractivity contribution in [2.75, 3.05) is 7.11 Å². The van der Waals surface area contributed by atoms with Gasteiger partial charge in [0.05, 0.1) is 12.0 Å². The minimum absolute atomic E-state index is 0. The second-order valence-electron chi connectivity index (χ2n) is 5.22. The van der Waals surface area contributed by atoms with Gasteiger partial charge in [-0.25, -0.2) is 4.79 Å². The third-order valence-corrected chi connectivity index (χ3v) is 4.18. The van der Waals surface area contributed by atoms with Crippen LogP contribution in [0.5, 0.6) is 5.75 Å². The number of hydrogen-bond donors (Lipinski definition) is 1. The van der Waals surface area contributed by atoms with E-state index >= 15 is 0 Å². The van der Waals surface area contributed by atoms with E-state index in [-0.39, 0.29) is 67.6 Å². The van der Waals surface area contributed by atoms with Gasteiger partial charge in [-0.2, -0.15) is 8.42 Å². The number of hydrogen-bond acceptors (Lipinski definition) is 6. The van der Waals surface area contributed by atoms with E-state index in [9.17, 15) is 18.0 Å². The molecule has 0 aliphatic rings. The van der Waals surface area contributed by atoms with Crippen LogP contribution >= 0.6 is 0 Å². The molecule has 2 aromatic carbocycles. The van der Waals surface area contributed by atoms with Gasteiger partial charge in [0, 0.05) is 6.92 Å². The molecule has 0 saturated heterocycles. The number of rotatable bonds is 5. The molecule has 0 fully saturated rings. The molecule has 0 spiro atoms. The van der Waals surface area contributed by atoms with Crippen LogP contribution in [0.15, 0.2) is 47.4 Å². The van der Waals surface area contributed by atoms with Crippen LogP contribution in [0.3, 0.4) is 0 Å². The Hall–Kier alpha value is -1.33. The van der Waals surface area contributed by atoms with Gasteiger partial charge in [-0.1, -0.05) is 30.4 Å². The second-order valence-corrected chi connectivity index (χ2v) is 6.64. The molecule has 0 heterocycles. The predicted octanol–water partition coefficient (Wildman–Crippen LogP) is 2.17. The summed E-state index contributed by atoms with van der Waals surface area (Å²) in [5.74, 6) is -1.11. The Morgan fingerprint density at radius 3 is 2.07 bits per heavy atom.